The van der Waals surface area contributed by atoms with Gasteiger partial charge in [-0.3, -0.25) is 9.59 Å². The van der Waals surface area contributed by atoms with E-state index in [4.69, 9.17) is 14.9 Å². The lowest BCUT2D eigenvalue weighted by Crippen LogP contribution is -2.13. The molecule has 1 atom stereocenters. The number of ether oxygens (including phenoxy) is 1. The second kappa shape index (κ2) is 13.5. The number of aliphatic carboxylic acids is 2. The summed E-state index contributed by atoms with van der Waals surface area (Å²) in [6, 6.07) is 0. The van der Waals surface area contributed by atoms with Crippen LogP contribution in [0.15, 0.2) is 12.8 Å². The molecule has 0 bridgehead atoms. The van der Waals surface area contributed by atoms with Crippen molar-refractivity contribution in [2.24, 2.45) is 5.92 Å². The van der Waals surface area contributed by atoms with Gasteiger partial charge in [0.1, 0.15) is 0 Å². The summed E-state index contributed by atoms with van der Waals surface area (Å²) in [7, 11) is 0. The van der Waals surface area contributed by atoms with Crippen molar-refractivity contribution in [2.75, 3.05) is 6.61 Å². The van der Waals surface area contributed by atoms with E-state index in [1.54, 1.807) is 0 Å². The van der Waals surface area contributed by atoms with Crippen molar-refractivity contribution in [2.45, 2.75) is 64.2 Å². The molecule has 0 amide bonds. The van der Waals surface area contributed by atoms with Gasteiger partial charge in [0, 0.05) is 6.42 Å². The number of carbonyl (C=O) groups is 2. The Labute approximate surface area is 127 Å². The molecule has 0 aromatic carbocycles. The molecule has 0 aliphatic heterocycles. The van der Waals surface area contributed by atoms with Crippen molar-refractivity contribution in [1.29, 1.82) is 0 Å². The molecule has 0 aromatic rings. The quantitative estimate of drug-likeness (QED) is 0.354. The van der Waals surface area contributed by atoms with E-state index in [0.717, 1.165) is 38.5 Å². The maximum atomic E-state index is 11.2. The van der Waals surface area contributed by atoms with Crippen molar-refractivity contribution in [3.8, 4) is 0 Å². The molecule has 0 radical (unpaired) electrons. The summed E-state index contributed by atoms with van der Waals surface area (Å²) in [4.78, 5) is 21.5. The van der Waals surface area contributed by atoms with E-state index in [2.05, 4.69) is 6.58 Å². The van der Waals surface area contributed by atoms with E-state index in [1.807, 2.05) is 0 Å². The Kier molecular flexibility index (Phi) is 12.5. The molecule has 0 spiro atoms. The van der Waals surface area contributed by atoms with E-state index < -0.39 is 11.9 Å². The molecule has 0 fully saturated rings. The van der Waals surface area contributed by atoms with Crippen LogP contribution in [-0.2, 0) is 14.3 Å². The van der Waals surface area contributed by atoms with Gasteiger partial charge in [0.2, 0.25) is 0 Å². The summed E-state index contributed by atoms with van der Waals surface area (Å²) in [5.74, 6) is -1.81. The Bertz CT molecular complexity index is 301. The fourth-order valence-electron chi connectivity index (χ4n) is 2.25. The Morgan fingerprint density at radius 2 is 1.52 bits per heavy atom. The van der Waals surface area contributed by atoms with E-state index >= 15 is 0 Å². The number of carboxylic acids is 2. The van der Waals surface area contributed by atoms with Crippen LogP contribution < -0.4 is 0 Å². The van der Waals surface area contributed by atoms with Gasteiger partial charge in [-0.05, 0) is 25.7 Å². The third kappa shape index (κ3) is 13.2. The minimum atomic E-state index is -0.787. The normalized spacial score (nSPS) is 11.8. The smallest absolute Gasteiger partial charge is 0.306 e. The lowest BCUT2D eigenvalue weighted by atomic mass is 9.94. The van der Waals surface area contributed by atoms with Crippen molar-refractivity contribution >= 4 is 11.9 Å². The van der Waals surface area contributed by atoms with Crippen LogP contribution >= 0.6 is 0 Å². The first-order valence-electron chi connectivity index (χ1n) is 7.75. The number of hydrogen-bond acceptors (Lipinski definition) is 3. The molecule has 0 aliphatic rings. The molecule has 1 unspecified atom stereocenters. The minimum Gasteiger partial charge on any atom is -0.502 e. The van der Waals surface area contributed by atoms with E-state index in [0.29, 0.717) is 25.9 Å². The third-order valence-electron chi connectivity index (χ3n) is 3.48. The summed E-state index contributed by atoms with van der Waals surface area (Å²) in [5.41, 5.74) is 0. The Balaban J connectivity index is 3.61. The molecular formula is C16H28O5. The van der Waals surface area contributed by atoms with E-state index in [9.17, 15) is 9.59 Å². The molecule has 2 N–H and O–H groups in total. The minimum absolute atomic E-state index is 0.171. The van der Waals surface area contributed by atoms with Crippen LogP contribution in [0.25, 0.3) is 0 Å². The SMILES string of the molecule is C=COCCCCCCC(CCCCCC(=O)O)C(=O)O. The first-order chi connectivity index (χ1) is 10.1. The van der Waals surface area contributed by atoms with Crippen LogP contribution in [0.5, 0.6) is 0 Å². The van der Waals surface area contributed by atoms with Gasteiger partial charge in [0.05, 0.1) is 18.8 Å². The van der Waals surface area contributed by atoms with Gasteiger partial charge in [0.15, 0.2) is 0 Å². The van der Waals surface area contributed by atoms with Crippen LogP contribution in [0.4, 0.5) is 0 Å². The summed E-state index contributed by atoms with van der Waals surface area (Å²) in [5, 5.41) is 17.7. The third-order valence-corrected chi connectivity index (χ3v) is 3.48. The van der Waals surface area contributed by atoms with Crippen molar-refractivity contribution < 1.29 is 24.5 Å². The van der Waals surface area contributed by atoms with Crippen LogP contribution in [0, 0.1) is 5.92 Å². The highest BCUT2D eigenvalue weighted by molar-refractivity contribution is 5.69. The standard InChI is InChI=1S/C16H28O5/c1-2-21-13-9-4-3-6-10-14(16(19)20)11-7-5-8-12-15(17)18/h2,14H,1,3-13H2,(H,17,18)(H,19,20). The highest BCUT2D eigenvalue weighted by Crippen LogP contribution is 2.18. The predicted octanol–water partition coefficient (Wildman–Crippen LogP) is 3.83. The predicted molar refractivity (Wildman–Crippen MR) is 81.1 cm³/mol. The van der Waals surface area contributed by atoms with Crippen molar-refractivity contribution in [1.82, 2.24) is 0 Å². The van der Waals surface area contributed by atoms with Gasteiger partial charge in [-0.2, -0.15) is 0 Å². The zero-order chi connectivity index (χ0) is 15.9. The fourth-order valence-corrected chi connectivity index (χ4v) is 2.25. The van der Waals surface area contributed by atoms with Gasteiger partial charge in [0.25, 0.3) is 0 Å². The molecular weight excluding hydrogens is 272 g/mol. The molecule has 0 rings (SSSR count). The number of carboxylic acid groups (broad SMARTS) is 2. The molecule has 0 aliphatic carbocycles. The number of hydrogen-bond donors (Lipinski definition) is 2. The maximum absolute atomic E-state index is 11.2. The largest absolute Gasteiger partial charge is 0.502 e. The summed E-state index contributed by atoms with van der Waals surface area (Å²) >= 11 is 0. The molecule has 122 valence electrons. The molecule has 0 saturated carbocycles. The average molecular weight is 300 g/mol. The highest BCUT2D eigenvalue weighted by atomic mass is 16.5. The monoisotopic (exact) mass is 300 g/mol. The second-order valence-electron chi connectivity index (χ2n) is 5.27. The Morgan fingerprint density at radius 1 is 0.952 bits per heavy atom. The number of unbranched alkanes of at least 4 members (excludes halogenated alkanes) is 5. The van der Waals surface area contributed by atoms with Gasteiger partial charge in [-0.15, -0.1) is 0 Å². The molecule has 0 aromatic heterocycles. The van der Waals surface area contributed by atoms with E-state index in [1.165, 1.54) is 6.26 Å². The second-order valence-corrected chi connectivity index (χ2v) is 5.27. The Hall–Kier alpha value is -1.52. The molecule has 0 saturated heterocycles. The lowest BCUT2D eigenvalue weighted by Gasteiger charge is -2.11. The molecule has 0 heterocycles. The van der Waals surface area contributed by atoms with Gasteiger partial charge in [-0.25, -0.2) is 0 Å². The summed E-state index contributed by atoms with van der Waals surface area (Å²) in [6.07, 6.45) is 9.11. The van der Waals surface area contributed by atoms with Crippen LogP contribution in [0.3, 0.4) is 0 Å². The van der Waals surface area contributed by atoms with Crippen molar-refractivity contribution in [3.05, 3.63) is 12.8 Å². The zero-order valence-corrected chi connectivity index (χ0v) is 12.8. The average Bonchev–Trinajstić information content (AvgIpc) is 2.43. The topological polar surface area (TPSA) is 83.8 Å². The van der Waals surface area contributed by atoms with Crippen LogP contribution in [-0.4, -0.2) is 28.8 Å². The molecule has 5 nitrogen and oxygen atoms in total. The van der Waals surface area contributed by atoms with Gasteiger partial charge in [-0.1, -0.05) is 38.7 Å². The van der Waals surface area contributed by atoms with Crippen LogP contribution in [0.2, 0.25) is 0 Å². The maximum Gasteiger partial charge on any atom is 0.306 e. The van der Waals surface area contributed by atoms with Crippen LogP contribution in [0.1, 0.15) is 64.2 Å². The van der Waals surface area contributed by atoms with Gasteiger partial charge >= 0.3 is 11.9 Å². The first-order valence-corrected chi connectivity index (χ1v) is 7.75. The summed E-state index contributed by atoms with van der Waals surface area (Å²) in [6.45, 7) is 4.14. The highest BCUT2D eigenvalue weighted by Gasteiger charge is 2.16. The van der Waals surface area contributed by atoms with E-state index in [-0.39, 0.29) is 12.3 Å². The molecule has 21 heavy (non-hydrogen) atoms. The summed E-state index contributed by atoms with van der Waals surface area (Å²) < 4.78 is 5.02. The fraction of sp³-hybridized carbons (Fsp3) is 0.750. The number of rotatable bonds is 15. The van der Waals surface area contributed by atoms with Crippen molar-refractivity contribution in [3.63, 3.8) is 0 Å². The van der Waals surface area contributed by atoms with Gasteiger partial charge < -0.3 is 14.9 Å². The Morgan fingerprint density at radius 3 is 2.05 bits per heavy atom. The lowest BCUT2D eigenvalue weighted by molar-refractivity contribution is -0.142. The zero-order valence-electron chi connectivity index (χ0n) is 12.8. The first kappa shape index (κ1) is 19.5. The molecule has 5 heteroatoms.